The molecular formula is C20H19FN4O3. The number of piperidine rings is 1. The molecule has 1 unspecified atom stereocenters. The largest absolute Gasteiger partial charge is 0.481 e. The van der Waals surface area contributed by atoms with E-state index in [2.05, 4.69) is 15.1 Å². The Balaban J connectivity index is 1.39. The fourth-order valence-electron chi connectivity index (χ4n) is 3.24. The van der Waals surface area contributed by atoms with Crippen LogP contribution in [0.25, 0.3) is 0 Å². The Morgan fingerprint density at radius 2 is 2.07 bits per heavy atom. The molecule has 1 saturated heterocycles. The van der Waals surface area contributed by atoms with Gasteiger partial charge in [-0.2, -0.15) is 4.98 Å². The van der Waals surface area contributed by atoms with E-state index in [0.717, 1.165) is 12.8 Å². The van der Waals surface area contributed by atoms with E-state index in [4.69, 9.17) is 9.26 Å². The molecule has 28 heavy (non-hydrogen) atoms. The lowest BCUT2D eigenvalue weighted by atomic mass is 9.97. The van der Waals surface area contributed by atoms with E-state index >= 15 is 0 Å². The minimum absolute atomic E-state index is 0.00880. The minimum Gasteiger partial charge on any atom is -0.481 e. The van der Waals surface area contributed by atoms with Crippen LogP contribution < -0.4 is 4.74 Å². The third-order valence-electron chi connectivity index (χ3n) is 4.67. The molecule has 3 heterocycles. The highest BCUT2D eigenvalue weighted by Crippen LogP contribution is 2.26. The van der Waals surface area contributed by atoms with E-state index < -0.39 is 5.82 Å². The van der Waals surface area contributed by atoms with Gasteiger partial charge in [0.15, 0.2) is 24.0 Å². The van der Waals surface area contributed by atoms with Gasteiger partial charge < -0.3 is 14.2 Å². The second-order valence-corrected chi connectivity index (χ2v) is 6.59. The Morgan fingerprint density at radius 1 is 1.25 bits per heavy atom. The lowest BCUT2D eigenvalue weighted by Crippen LogP contribution is -2.39. The minimum atomic E-state index is -0.445. The number of aromatic nitrogens is 3. The second kappa shape index (κ2) is 8.16. The number of ether oxygens (including phenoxy) is 1. The van der Waals surface area contributed by atoms with Gasteiger partial charge in [-0.05, 0) is 37.1 Å². The molecule has 144 valence electrons. The molecule has 1 atom stereocenters. The van der Waals surface area contributed by atoms with Gasteiger partial charge in [0, 0.05) is 37.0 Å². The van der Waals surface area contributed by atoms with Crippen LogP contribution in [0.15, 0.2) is 53.3 Å². The summed E-state index contributed by atoms with van der Waals surface area (Å²) >= 11 is 0. The number of carbonyl (C=O) groups is 1. The lowest BCUT2D eigenvalue weighted by molar-refractivity contribution is 0.0703. The van der Waals surface area contributed by atoms with Crippen molar-refractivity contribution in [3.05, 3.63) is 71.9 Å². The number of para-hydroxylation sites is 1. The Morgan fingerprint density at radius 3 is 2.89 bits per heavy atom. The molecule has 8 heteroatoms. The molecule has 4 rings (SSSR count). The summed E-state index contributed by atoms with van der Waals surface area (Å²) in [6.45, 7) is 1.20. The first-order valence-electron chi connectivity index (χ1n) is 9.10. The standard InChI is InChI=1S/C20H19FN4O3/c21-16-5-1-2-6-17(16)27-13-18-23-19(24-28-18)15-4-3-11-25(12-15)20(26)14-7-9-22-10-8-14/h1-2,5-10,15H,3-4,11-13H2. The molecule has 0 radical (unpaired) electrons. The first-order valence-corrected chi connectivity index (χ1v) is 9.10. The maximum absolute atomic E-state index is 13.6. The number of likely N-dealkylation sites (tertiary alicyclic amines) is 1. The highest BCUT2D eigenvalue weighted by molar-refractivity contribution is 5.94. The summed E-state index contributed by atoms with van der Waals surface area (Å²) in [4.78, 5) is 22.8. The summed E-state index contributed by atoms with van der Waals surface area (Å²) in [5.41, 5.74) is 0.614. The normalized spacial score (nSPS) is 16.8. The number of hydrogen-bond donors (Lipinski definition) is 0. The van der Waals surface area contributed by atoms with Crippen LogP contribution in [0, 0.1) is 5.82 Å². The summed E-state index contributed by atoms with van der Waals surface area (Å²) in [5, 5.41) is 4.03. The smallest absolute Gasteiger partial charge is 0.264 e. The SMILES string of the molecule is O=C(c1ccncc1)N1CCCC(c2noc(COc3ccccc3F)n2)C1. The van der Waals surface area contributed by atoms with E-state index in [-0.39, 0.29) is 30.1 Å². The predicted molar refractivity (Wildman–Crippen MR) is 97.1 cm³/mol. The molecule has 1 aliphatic heterocycles. The monoisotopic (exact) mass is 382 g/mol. The molecule has 7 nitrogen and oxygen atoms in total. The van der Waals surface area contributed by atoms with Crippen molar-refractivity contribution in [2.75, 3.05) is 13.1 Å². The van der Waals surface area contributed by atoms with Gasteiger partial charge in [0.05, 0.1) is 0 Å². The zero-order valence-electron chi connectivity index (χ0n) is 15.1. The molecule has 0 saturated carbocycles. The average molecular weight is 382 g/mol. The van der Waals surface area contributed by atoms with Crippen LogP contribution in [0.5, 0.6) is 5.75 Å². The molecule has 0 aliphatic carbocycles. The number of carbonyl (C=O) groups excluding carboxylic acids is 1. The van der Waals surface area contributed by atoms with Crippen LogP contribution in [0.4, 0.5) is 4.39 Å². The Hall–Kier alpha value is -3.29. The Kier molecular flexibility index (Phi) is 5.27. The molecule has 0 N–H and O–H groups in total. The molecule has 0 spiro atoms. The molecular weight excluding hydrogens is 363 g/mol. The van der Waals surface area contributed by atoms with Crippen LogP contribution in [-0.4, -0.2) is 39.0 Å². The van der Waals surface area contributed by atoms with Crippen molar-refractivity contribution in [2.45, 2.75) is 25.4 Å². The van der Waals surface area contributed by atoms with Crippen molar-refractivity contribution in [2.24, 2.45) is 0 Å². The van der Waals surface area contributed by atoms with Crippen molar-refractivity contribution in [3.63, 3.8) is 0 Å². The van der Waals surface area contributed by atoms with Gasteiger partial charge in [0.25, 0.3) is 11.8 Å². The average Bonchev–Trinajstić information content (AvgIpc) is 3.22. The molecule has 1 aromatic carbocycles. The highest BCUT2D eigenvalue weighted by atomic mass is 19.1. The van der Waals surface area contributed by atoms with Crippen LogP contribution in [0.1, 0.15) is 40.8 Å². The van der Waals surface area contributed by atoms with Crippen LogP contribution in [-0.2, 0) is 6.61 Å². The van der Waals surface area contributed by atoms with Crippen molar-refractivity contribution < 1.29 is 18.4 Å². The van der Waals surface area contributed by atoms with Gasteiger partial charge >= 0.3 is 0 Å². The maximum Gasteiger partial charge on any atom is 0.264 e. The first-order chi connectivity index (χ1) is 13.7. The molecule has 2 aromatic heterocycles. The quantitative estimate of drug-likeness (QED) is 0.674. The zero-order chi connectivity index (χ0) is 19.3. The number of benzene rings is 1. The summed E-state index contributed by atoms with van der Waals surface area (Å²) < 4.78 is 24.3. The van der Waals surface area contributed by atoms with Gasteiger partial charge in [0.2, 0.25) is 0 Å². The molecule has 1 amide bonds. The van der Waals surface area contributed by atoms with Crippen LogP contribution in [0.2, 0.25) is 0 Å². The fourth-order valence-corrected chi connectivity index (χ4v) is 3.24. The number of rotatable bonds is 5. The Bertz CT molecular complexity index is 947. The summed E-state index contributed by atoms with van der Waals surface area (Å²) in [7, 11) is 0. The van der Waals surface area contributed by atoms with Gasteiger partial charge in [-0.25, -0.2) is 4.39 Å². The van der Waals surface area contributed by atoms with Gasteiger partial charge in [-0.1, -0.05) is 17.3 Å². The van der Waals surface area contributed by atoms with E-state index in [9.17, 15) is 9.18 Å². The van der Waals surface area contributed by atoms with Gasteiger partial charge in [0.1, 0.15) is 0 Å². The molecule has 3 aromatic rings. The maximum atomic E-state index is 13.6. The molecule has 1 aliphatic rings. The van der Waals surface area contributed by atoms with Crippen LogP contribution >= 0.6 is 0 Å². The van der Waals surface area contributed by atoms with E-state index in [1.165, 1.54) is 12.1 Å². The summed E-state index contributed by atoms with van der Waals surface area (Å²) in [5.74, 6) is 0.466. The first kappa shape index (κ1) is 18.1. The van der Waals surface area contributed by atoms with Crippen molar-refractivity contribution in [1.82, 2.24) is 20.0 Å². The molecule has 0 bridgehead atoms. The van der Waals surface area contributed by atoms with Crippen molar-refractivity contribution in [1.29, 1.82) is 0 Å². The molecule has 1 fully saturated rings. The van der Waals surface area contributed by atoms with Crippen molar-refractivity contribution >= 4 is 5.91 Å². The van der Waals surface area contributed by atoms with E-state index in [1.54, 1.807) is 41.6 Å². The highest BCUT2D eigenvalue weighted by Gasteiger charge is 2.28. The van der Waals surface area contributed by atoms with Gasteiger partial charge in [-0.15, -0.1) is 0 Å². The number of halogens is 1. The van der Waals surface area contributed by atoms with Crippen molar-refractivity contribution in [3.8, 4) is 5.75 Å². The fraction of sp³-hybridized carbons (Fsp3) is 0.300. The topological polar surface area (TPSA) is 81.4 Å². The third-order valence-corrected chi connectivity index (χ3v) is 4.67. The number of nitrogens with zero attached hydrogens (tertiary/aromatic N) is 4. The number of amides is 1. The lowest BCUT2D eigenvalue weighted by Gasteiger charge is -2.31. The number of hydrogen-bond acceptors (Lipinski definition) is 6. The number of pyridine rings is 1. The third kappa shape index (κ3) is 4.00. The van der Waals surface area contributed by atoms with E-state index in [1.807, 2.05) is 0 Å². The van der Waals surface area contributed by atoms with E-state index in [0.29, 0.717) is 24.5 Å². The zero-order valence-corrected chi connectivity index (χ0v) is 15.1. The van der Waals surface area contributed by atoms with Gasteiger partial charge in [-0.3, -0.25) is 9.78 Å². The second-order valence-electron chi connectivity index (χ2n) is 6.59. The summed E-state index contributed by atoms with van der Waals surface area (Å²) in [6.07, 6.45) is 4.94. The predicted octanol–water partition coefficient (Wildman–Crippen LogP) is 3.20. The Labute approximate surface area is 161 Å². The summed E-state index contributed by atoms with van der Waals surface area (Å²) in [6, 6.07) is 9.56. The van der Waals surface area contributed by atoms with Crippen LogP contribution in [0.3, 0.4) is 0 Å².